The average Bonchev–Trinajstić information content (AvgIpc) is 2.32. The largest absolute Gasteiger partial charge is 0.508 e. The minimum absolute atomic E-state index is 0.142. The van der Waals surface area contributed by atoms with Crippen LogP contribution in [-0.2, 0) is 0 Å². The number of aromatic hydroxyl groups is 1. The summed E-state index contributed by atoms with van der Waals surface area (Å²) in [6.07, 6.45) is 0. The molecular formula is C15H16N2O2. The van der Waals surface area contributed by atoms with Gasteiger partial charge in [-0.1, -0.05) is 6.07 Å². The molecule has 0 aliphatic carbocycles. The highest BCUT2D eigenvalue weighted by atomic mass is 16.3. The first-order valence-electron chi connectivity index (χ1n) is 5.94. The van der Waals surface area contributed by atoms with E-state index < -0.39 is 0 Å². The second-order valence-electron chi connectivity index (χ2n) is 4.54. The molecule has 4 heteroatoms. The van der Waals surface area contributed by atoms with Gasteiger partial charge in [0.15, 0.2) is 0 Å². The van der Waals surface area contributed by atoms with Crippen molar-refractivity contribution in [2.24, 2.45) is 0 Å². The predicted octanol–water partition coefficient (Wildman–Crippen LogP) is 2.84. The Labute approximate surface area is 111 Å². The molecule has 0 saturated heterocycles. The monoisotopic (exact) mass is 256 g/mol. The van der Waals surface area contributed by atoms with E-state index in [1.54, 1.807) is 31.2 Å². The molecule has 0 aromatic heterocycles. The van der Waals surface area contributed by atoms with E-state index in [0.717, 1.165) is 5.56 Å². The van der Waals surface area contributed by atoms with Crippen molar-refractivity contribution in [3.05, 3.63) is 53.1 Å². The third kappa shape index (κ3) is 2.85. The molecule has 2 rings (SSSR count). The summed E-state index contributed by atoms with van der Waals surface area (Å²) in [4.78, 5) is 12.1. The van der Waals surface area contributed by atoms with Crippen LogP contribution in [0.3, 0.4) is 0 Å². The Morgan fingerprint density at radius 1 is 1.16 bits per heavy atom. The molecule has 0 unspecified atom stereocenters. The highest BCUT2D eigenvalue weighted by Crippen LogP contribution is 2.22. The molecule has 19 heavy (non-hydrogen) atoms. The molecule has 0 aliphatic rings. The van der Waals surface area contributed by atoms with Crippen LogP contribution in [0.5, 0.6) is 5.75 Å². The Bertz CT molecular complexity index is 636. The molecule has 0 aliphatic heterocycles. The van der Waals surface area contributed by atoms with E-state index in [1.807, 2.05) is 13.0 Å². The number of aryl methyl sites for hydroxylation is 2. The smallest absolute Gasteiger partial charge is 0.255 e. The maximum Gasteiger partial charge on any atom is 0.255 e. The number of carbonyl (C=O) groups is 1. The standard InChI is InChI=1S/C15H16N2O2/c1-9-3-6-14(13(16)7-9)17-15(19)12-5-4-11(18)8-10(12)2/h3-8,18H,16H2,1-2H3,(H,17,19). The van der Waals surface area contributed by atoms with E-state index in [9.17, 15) is 9.90 Å². The predicted molar refractivity (Wildman–Crippen MR) is 76.4 cm³/mol. The zero-order valence-electron chi connectivity index (χ0n) is 10.9. The molecule has 4 nitrogen and oxygen atoms in total. The molecule has 1 amide bonds. The van der Waals surface area contributed by atoms with Crippen molar-refractivity contribution in [3.63, 3.8) is 0 Å². The molecule has 0 saturated carbocycles. The van der Waals surface area contributed by atoms with Crippen LogP contribution in [0.4, 0.5) is 11.4 Å². The topological polar surface area (TPSA) is 75.3 Å². The van der Waals surface area contributed by atoms with Gasteiger partial charge in [-0.3, -0.25) is 4.79 Å². The van der Waals surface area contributed by atoms with Crippen molar-refractivity contribution in [3.8, 4) is 5.75 Å². The Hall–Kier alpha value is -2.49. The lowest BCUT2D eigenvalue weighted by Crippen LogP contribution is -2.14. The van der Waals surface area contributed by atoms with Crippen LogP contribution < -0.4 is 11.1 Å². The summed E-state index contributed by atoms with van der Waals surface area (Å²) in [5.41, 5.74) is 9.23. The number of carbonyl (C=O) groups excluding carboxylic acids is 1. The molecule has 98 valence electrons. The van der Waals surface area contributed by atoms with Crippen LogP contribution in [-0.4, -0.2) is 11.0 Å². The van der Waals surface area contributed by atoms with E-state index >= 15 is 0 Å². The van der Waals surface area contributed by atoms with Crippen molar-refractivity contribution < 1.29 is 9.90 Å². The first-order chi connectivity index (χ1) is 8.97. The lowest BCUT2D eigenvalue weighted by molar-refractivity contribution is 0.102. The molecule has 4 N–H and O–H groups in total. The van der Waals surface area contributed by atoms with Gasteiger partial charge >= 0.3 is 0 Å². The lowest BCUT2D eigenvalue weighted by Gasteiger charge is -2.10. The second kappa shape index (κ2) is 5.02. The van der Waals surface area contributed by atoms with Crippen LogP contribution in [0, 0.1) is 13.8 Å². The van der Waals surface area contributed by atoms with Gasteiger partial charge in [0.05, 0.1) is 11.4 Å². The summed E-state index contributed by atoms with van der Waals surface area (Å²) in [5.74, 6) is -0.100. The maximum atomic E-state index is 12.1. The number of hydrogen-bond acceptors (Lipinski definition) is 3. The molecular weight excluding hydrogens is 240 g/mol. The van der Waals surface area contributed by atoms with Crippen molar-refractivity contribution in [1.29, 1.82) is 0 Å². The Morgan fingerprint density at radius 3 is 2.53 bits per heavy atom. The van der Waals surface area contributed by atoms with Gasteiger partial charge in [-0.15, -0.1) is 0 Å². The fourth-order valence-corrected chi connectivity index (χ4v) is 1.89. The Balaban J connectivity index is 2.25. The molecule has 0 spiro atoms. The number of benzene rings is 2. The van der Waals surface area contributed by atoms with Gasteiger partial charge < -0.3 is 16.2 Å². The van der Waals surface area contributed by atoms with E-state index in [-0.39, 0.29) is 11.7 Å². The highest BCUT2D eigenvalue weighted by Gasteiger charge is 2.11. The number of amides is 1. The average molecular weight is 256 g/mol. The summed E-state index contributed by atoms with van der Waals surface area (Å²) >= 11 is 0. The normalized spacial score (nSPS) is 10.2. The number of nitrogens with two attached hydrogens (primary N) is 1. The number of phenolic OH excluding ortho intramolecular Hbond substituents is 1. The van der Waals surface area contributed by atoms with E-state index in [4.69, 9.17) is 5.73 Å². The second-order valence-corrected chi connectivity index (χ2v) is 4.54. The Morgan fingerprint density at radius 2 is 1.89 bits per heavy atom. The fraction of sp³-hybridized carbons (Fsp3) is 0.133. The minimum Gasteiger partial charge on any atom is -0.508 e. The molecule has 2 aromatic rings. The SMILES string of the molecule is Cc1ccc(NC(=O)c2ccc(O)cc2C)c(N)c1. The van der Waals surface area contributed by atoms with Gasteiger partial charge in [0.2, 0.25) is 0 Å². The van der Waals surface area contributed by atoms with E-state index in [0.29, 0.717) is 22.5 Å². The van der Waals surface area contributed by atoms with Gasteiger partial charge in [0, 0.05) is 5.56 Å². The molecule has 0 atom stereocenters. The number of nitrogen functional groups attached to an aromatic ring is 1. The van der Waals surface area contributed by atoms with Crippen LogP contribution in [0.25, 0.3) is 0 Å². The van der Waals surface area contributed by atoms with E-state index in [2.05, 4.69) is 5.32 Å². The minimum atomic E-state index is -0.243. The Kier molecular flexibility index (Phi) is 3.42. The first-order valence-corrected chi connectivity index (χ1v) is 5.94. The van der Waals surface area contributed by atoms with Gasteiger partial charge in [-0.25, -0.2) is 0 Å². The third-order valence-electron chi connectivity index (χ3n) is 2.91. The van der Waals surface area contributed by atoms with Crippen molar-refractivity contribution in [2.45, 2.75) is 13.8 Å². The van der Waals surface area contributed by atoms with Gasteiger partial charge in [-0.05, 0) is 55.3 Å². The molecule has 0 fully saturated rings. The summed E-state index contributed by atoms with van der Waals surface area (Å²) < 4.78 is 0. The summed E-state index contributed by atoms with van der Waals surface area (Å²) in [6, 6.07) is 10.1. The number of anilines is 2. The van der Waals surface area contributed by atoms with Gasteiger partial charge in [0.1, 0.15) is 5.75 Å². The van der Waals surface area contributed by atoms with Crippen molar-refractivity contribution >= 4 is 17.3 Å². The number of nitrogens with one attached hydrogen (secondary N) is 1. The van der Waals surface area contributed by atoms with Crippen LogP contribution in [0.1, 0.15) is 21.5 Å². The van der Waals surface area contributed by atoms with Crippen molar-refractivity contribution in [1.82, 2.24) is 0 Å². The lowest BCUT2D eigenvalue weighted by atomic mass is 10.1. The fourth-order valence-electron chi connectivity index (χ4n) is 1.89. The third-order valence-corrected chi connectivity index (χ3v) is 2.91. The molecule has 0 radical (unpaired) electrons. The van der Waals surface area contributed by atoms with E-state index in [1.165, 1.54) is 6.07 Å². The summed E-state index contributed by atoms with van der Waals surface area (Å²) in [6.45, 7) is 3.71. The number of phenols is 1. The molecule has 2 aromatic carbocycles. The van der Waals surface area contributed by atoms with Crippen LogP contribution in [0.15, 0.2) is 36.4 Å². The quantitative estimate of drug-likeness (QED) is 0.723. The van der Waals surface area contributed by atoms with Crippen LogP contribution in [0.2, 0.25) is 0 Å². The molecule has 0 bridgehead atoms. The zero-order valence-corrected chi connectivity index (χ0v) is 10.9. The first kappa shape index (κ1) is 13.0. The number of rotatable bonds is 2. The van der Waals surface area contributed by atoms with Crippen LogP contribution >= 0.6 is 0 Å². The van der Waals surface area contributed by atoms with Gasteiger partial charge in [-0.2, -0.15) is 0 Å². The van der Waals surface area contributed by atoms with Gasteiger partial charge in [0.25, 0.3) is 5.91 Å². The van der Waals surface area contributed by atoms with Crippen molar-refractivity contribution in [2.75, 3.05) is 11.1 Å². The molecule has 0 heterocycles. The highest BCUT2D eigenvalue weighted by molar-refractivity contribution is 6.06. The number of hydrogen-bond donors (Lipinski definition) is 3. The zero-order chi connectivity index (χ0) is 14.0. The summed E-state index contributed by atoms with van der Waals surface area (Å²) in [7, 11) is 0. The summed E-state index contributed by atoms with van der Waals surface area (Å²) in [5, 5.41) is 12.1. The maximum absolute atomic E-state index is 12.1.